The van der Waals surface area contributed by atoms with E-state index in [1.807, 2.05) is 6.92 Å². The number of thioether (sulfide) groups is 1. The molecule has 0 bridgehead atoms. The van der Waals surface area contributed by atoms with Crippen molar-refractivity contribution in [2.75, 3.05) is 31.7 Å². The molecule has 25 heavy (non-hydrogen) atoms. The molecule has 0 saturated carbocycles. The minimum Gasteiger partial charge on any atom is -0.490 e. The fourth-order valence-electron chi connectivity index (χ4n) is 2.11. The predicted molar refractivity (Wildman–Crippen MR) is 100 cm³/mol. The molecule has 0 aliphatic carbocycles. The van der Waals surface area contributed by atoms with Gasteiger partial charge in [0.25, 0.3) is 0 Å². The van der Waals surface area contributed by atoms with E-state index < -0.39 is 6.61 Å². The topological polar surface area (TPSA) is 54.9 Å². The quantitative estimate of drug-likeness (QED) is 0.352. The molecular weight excluding hydrogens is 348 g/mol. The predicted octanol–water partition coefficient (Wildman–Crippen LogP) is 3.49. The molecule has 0 fully saturated rings. The van der Waals surface area contributed by atoms with E-state index in [-0.39, 0.29) is 12.3 Å². The first-order valence-corrected chi connectivity index (χ1v) is 9.72. The monoisotopic (exact) mass is 375 g/mol. The van der Waals surface area contributed by atoms with Crippen molar-refractivity contribution in [1.29, 1.82) is 0 Å². The van der Waals surface area contributed by atoms with Gasteiger partial charge in [0.1, 0.15) is 0 Å². The highest BCUT2D eigenvalue weighted by molar-refractivity contribution is 7.98. The normalized spacial score (nSPS) is 11.5. The maximum Gasteiger partial charge on any atom is 0.387 e. The molecule has 1 aromatic rings. The van der Waals surface area contributed by atoms with Gasteiger partial charge in [0.2, 0.25) is 0 Å². The van der Waals surface area contributed by atoms with Crippen LogP contribution in [0.2, 0.25) is 0 Å². The van der Waals surface area contributed by atoms with Gasteiger partial charge in [-0.15, -0.1) is 0 Å². The highest BCUT2D eigenvalue weighted by atomic mass is 32.2. The third-order valence-corrected chi connectivity index (χ3v) is 3.83. The standard InChI is InChI=1S/C17H27F2N3O2S/c1-4-20-17(21-10-7-11-25-3)22-12-13-8-6-9-14(23-5-2)15(13)24-16(18)19/h6,8-9,16H,4-5,7,10-12H2,1-3H3,(H2,20,21,22). The molecule has 0 heterocycles. The van der Waals surface area contributed by atoms with E-state index in [1.54, 1.807) is 36.9 Å². The van der Waals surface area contributed by atoms with Crippen LogP contribution in [0.3, 0.4) is 0 Å². The molecule has 8 heteroatoms. The lowest BCUT2D eigenvalue weighted by Gasteiger charge is -2.15. The fraction of sp³-hybridized carbons (Fsp3) is 0.588. The van der Waals surface area contributed by atoms with Gasteiger partial charge in [0.05, 0.1) is 13.2 Å². The second-order valence-electron chi connectivity index (χ2n) is 5.02. The third-order valence-electron chi connectivity index (χ3n) is 3.14. The number of rotatable bonds is 11. The summed E-state index contributed by atoms with van der Waals surface area (Å²) < 4.78 is 35.5. The molecule has 0 saturated heterocycles. The molecule has 5 nitrogen and oxygen atoms in total. The number of ether oxygens (including phenoxy) is 2. The average molecular weight is 375 g/mol. The third kappa shape index (κ3) is 8.29. The summed E-state index contributed by atoms with van der Waals surface area (Å²) in [5, 5.41) is 6.37. The summed E-state index contributed by atoms with van der Waals surface area (Å²) >= 11 is 1.79. The highest BCUT2D eigenvalue weighted by Crippen LogP contribution is 2.33. The molecule has 0 aromatic heterocycles. The first-order chi connectivity index (χ1) is 12.1. The lowest BCUT2D eigenvalue weighted by molar-refractivity contribution is -0.0520. The van der Waals surface area contributed by atoms with Crippen LogP contribution in [0.25, 0.3) is 0 Å². The van der Waals surface area contributed by atoms with Crippen molar-refractivity contribution >= 4 is 17.7 Å². The highest BCUT2D eigenvalue weighted by Gasteiger charge is 2.15. The van der Waals surface area contributed by atoms with Crippen molar-refractivity contribution in [3.63, 3.8) is 0 Å². The van der Waals surface area contributed by atoms with Gasteiger partial charge >= 0.3 is 6.61 Å². The maximum absolute atomic E-state index is 12.7. The van der Waals surface area contributed by atoms with Crippen molar-refractivity contribution in [1.82, 2.24) is 10.6 Å². The second-order valence-corrected chi connectivity index (χ2v) is 6.01. The summed E-state index contributed by atoms with van der Waals surface area (Å²) in [6.45, 7) is 2.94. The van der Waals surface area contributed by atoms with Crippen molar-refractivity contribution in [3.8, 4) is 11.5 Å². The van der Waals surface area contributed by atoms with Gasteiger partial charge in [0.15, 0.2) is 17.5 Å². The van der Waals surface area contributed by atoms with Crippen molar-refractivity contribution in [2.45, 2.75) is 33.4 Å². The largest absolute Gasteiger partial charge is 0.490 e. The van der Waals surface area contributed by atoms with Gasteiger partial charge in [0, 0.05) is 18.7 Å². The molecule has 0 unspecified atom stereocenters. The van der Waals surface area contributed by atoms with Crippen LogP contribution >= 0.6 is 11.8 Å². The molecule has 0 spiro atoms. The fourth-order valence-corrected chi connectivity index (χ4v) is 2.54. The number of halogens is 2. The van der Waals surface area contributed by atoms with Crippen LogP contribution in [0.5, 0.6) is 11.5 Å². The maximum atomic E-state index is 12.7. The number of alkyl halides is 2. The van der Waals surface area contributed by atoms with Gasteiger partial charge in [-0.3, -0.25) is 0 Å². The van der Waals surface area contributed by atoms with Crippen LogP contribution in [-0.2, 0) is 6.54 Å². The second kappa shape index (κ2) is 12.6. The molecule has 142 valence electrons. The Labute approximate surface area is 152 Å². The number of guanidine groups is 1. The van der Waals surface area contributed by atoms with E-state index in [1.165, 1.54) is 0 Å². The number of hydrogen-bond donors (Lipinski definition) is 2. The molecule has 2 N–H and O–H groups in total. The van der Waals surface area contributed by atoms with Gasteiger partial charge in [-0.25, -0.2) is 4.99 Å². The number of para-hydroxylation sites is 1. The van der Waals surface area contributed by atoms with Crippen LogP contribution in [0.1, 0.15) is 25.8 Å². The Bertz CT molecular complexity index is 531. The molecule has 0 aliphatic rings. The Balaban J connectivity index is 2.87. The van der Waals surface area contributed by atoms with Crippen LogP contribution in [0.15, 0.2) is 23.2 Å². The number of nitrogens with zero attached hydrogens (tertiary/aromatic N) is 1. The van der Waals surface area contributed by atoms with Crippen molar-refractivity contribution in [3.05, 3.63) is 23.8 Å². The van der Waals surface area contributed by atoms with Crippen LogP contribution in [0, 0.1) is 0 Å². The zero-order valence-corrected chi connectivity index (χ0v) is 15.8. The van der Waals surface area contributed by atoms with Gasteiger partial charge < -0.3 is 20.1 Å². The van der Waals surface area contributed by atoms with E-state index in [2.05, 4.69) is 26.6 Å². The van der Waals surface area contributed by atoms with Crippen LogP contribution in [0.4, 0.5) is 8.78 Å². The molecular formula is C17H27F2N3O2S. The molecule has 0 amide bonds. The van der Waals surface area contributed by atoms with Crippen LogP contribution in [-0.4, -0.2) is 44.3 Å². The smallest absolute Gasteiger partial charge is 0.387 e. The molecule has 0 atom stereocenters. The van der Waals surface area contributed by atoms with E-state index in [0.717, 1.165) is 18.7 Å². The van der Waals surface area contributed by atoms with E-state index in [0.29, 0.717) is 30.4 Å². The summed E-state index contributed by atoms with van der Waals surface area (Å²) in [6.07, 6.45) is 3.08. The number of benzene rings is 1. The average Bonchev–Trinajstić information content (AvgIpc) is 2.58. The first kappa shape index (κ1) is 21.3. The Kier molecular flexibility index (Phi) is 10.8. The van der Waals surface area contributed by atoms with Gasteiger partial charge in [-0.05, 0) is 38.3 Å². The molecule has 0 aliphatic heterocycles. The van der Waals surface area contributed by atoms with E-state index >= 15 is 0 Å². The lowest BCUT2D eigenvalue weighted by atomic mass is 10.2. The summed E-state index contributed by atoms with van der Waals surface area (Å²) in [6, 6.07) is 5.06. The van der Waals surface area contributed by atoms with E-state index in [4.69, 9.17) is 4.74 Å². The Morgan fingerprint density at radius 3 is 2.72 bits per heavy atom. The van der Waals surface area contributed by atoms with Gasteiger partial charge in [-0.1, -0.05) is 12.1 Å². The first-order valence-electron chi connectivity index (χ1n) is 8.32. The SMILES string of the molecule is CCNC(=NCc1cccc(OCC)c1OC(F)F)NCCCSC. The zero-order valence-electron chi connectivity index (χ0n) is 15.0. The summed E-state index contributed by atoms with van der Waals surface area (Å²) in [7, 11) is 0. The molecule has 1 aromatic carbocycles. The number of hydrogen-bond acceptors (Lipinski definition) is 4. The number of nitrogens with one attached hydrogen (secondary N) is 2. The molecule has 0 radical (unpaired) electrons. The summed E-state index contributed by atoms with van der Waals surface area (Å²) in [5.74, 6) is 2.05. The Morgan fingerprint density at radius 1 is 1.28 bits per heavy atom. The summed E-state index contributed by atoms with van der Waals surface area (Å²) in [5.41, 5.74) is 0.549. The van der Waals surface area contributed by atoms with Crippen molar-refractivity contribution in [2.24, 2.45) is 4.99 Å². The Hall–Kier alpha value is -1.70. The van der Waals surface area contributed by atoms with E-state index in [9.17, 15) is 8.78 Å². The van der Waals surface area contributed by atoms with Gasteiger partial charge in [-0.2, -0.15) is 20.5 Å². The lowest BCUT2D eigenvalue weighted by Crippen LogP contribution is -2.37. The summed E-state index contributed by atoms with van der Waals surface area (Å²) in [4.78, 5) is 4.46. The number of aliphatic imine (C=N–C) groups is 1. The Morgan fingerprint density at radius 2 is 2.08 bits per heavy atom. The zero-order chi connectivity index (χ0) is 18.5. The van der Waals surface area contributed by atoms with Crippen molar-refractivity contribution < 1.29 is 18.3 Å². The molecule has 1 rings (SSSR count). The van der Waals surface area contributed by atoms with Crippen LogP contribution < -0.4 is 20.1 Å². The minimum absolute atomic E-state index is 0.0429. The minimum atomic E-state index is -2.91.